The summed E-state index contributed by atoms with van der Waals surface area (Å²) in [5, 5.41) is 6.48. The van der Waals surface area contributed by atoms with Gasteiger partial charge in [-0.2, -0.15) is 0 Å². The minimum atomic E-state index is 0.776. The first-order chi connectivity index (χ1) is 14.3. The van der Waals surface area contributed by atoms with Gasteiger partial charge in [-0.05, 0) is 48.6 Å². The summed E-state index contributed by atoms with van der Waals surface area (Å²) in [4.78, 5) is 9.45. The first-order valence-corrected chi connectivity index (χ1v) is 10.3. The van der Waals surface area contributed by atoms with Crippen LogP contribution in [-0.2, 0) is 0 Å². The number of nitrogens with zero attached hydrogens (tertiary/aromatic N) is 3. The zero-order valence-corrected chi connectivity index (χ0v) is 16.9. The molecule has 1 fully saturated rings. The summed E-state index contributed by atoms with van der Waals surface area (Å²) >= 11 is 5.69. The van der Waals surface area contributed by atoms with E-state index < -0.39 is 0 Å². The predicted molar refractivity (Wildman–Crippen MR) is 126 cm³/mol. The van der Waals surface area contributed by atoms with Gasteiger partial charge in [-0.3, -0.25) is 0 Å². The van der Waals surface area contributed by atoms with E-state index in [2.05, 4.69) is 75.8 Å². The Bertz CT molecular complexity index is 1170. The van der Waals surface area contributed by atoms with Gasteiger partial charge in [0.05, 0.1) is 11.0 Å². The van der Waals surface area contributed by atoms with Crippen LogP contribution in [0.15, 0.2) is 78.9 Å². The van der Waals surface area contributed by atoms with Crippen LogP contribution >= 0.6 is 12.2 Å². The van der Waals surface area contributed by atoms with Crippen molar-refractivity contribution < 1.29 is 0 Å². The van der Waals surface area contributed by atoms with Gasteiger partial charge < -0.3 is 15.1 Å². The van der Waals surface area contributed by atoms with Crippen molar-refractivity contribution in [2.75, 3.05) is 36.4 Å². The van der Waals surface area contributed by atoms with Crippen LogP contribution in [0.25, 0.3) is 21.8 Å². The van der Waals surface area contributed by atoms with Gasteiger partial charge >= 0.3 is 0 Å². The molecule has 0 amide bonds. The third-order valence-electron chi connectivity index (χ3n) is 5.46. The molecule has 0 unspecified atom stereocenters. The van der Waals surface area contributed by atoms with Gasteiger partial charge in [0.15, 0.2) is 5.11 Å². The first-order valence-electron chi connectivity index (χ1n) is 9.92. The third-order valence-corrected chi connectivity index (χ3v) is 5.82. The Balaban J connectivity index is 1.28. The van der Waals surface area contributed by atoms with Gasteiger partial charge in [-0.1, -0.05) is 42.5 Å². The summed E-state index contributed by atoms with van der Waals surface area (Å²) < 4.78 is 0. The van der Waals surface area contributed by atoms with Crippen LogP contribution in [0.3, 0.4) is 0 Å². The first kappa shape index (κ1) is 17.9. The number of fused-ring (bicyclic) bond motifs is 2. The number of nitrogens with one attached hydrogen (secondary N) is 1. The van der Waals surface area contributed by atoms with Crippen molar-refractivity contribution in [2.24, 2.45) is 0 Å². The lowest BCUT2D eigenvalue weighted by molar-refractivity contribution is 0.391. The van der Waals surface area contributed by atoms with Crippen molar-refractivity contribution in [3.8, 4) is 0 Å². The highest BCUT2D eigenvalue weighted by Gasteiger charge is 2.19. The van der Waals surface area contributed by atoms with Gasteiger partial charge in [-0.25, -0.2) is 4.98 Å². The molecule has 5 rings (SSSR count). The Morgan fingerprint density at radius 1 is 0.759 bits per heavy atom. The van der Waals surface area contributed by atoms with Gasteiger partial charge in [0.2, 0.25) is 0 Å². The monoisotopic (exact) mass is 398 g/mol. The van der Waals surface area contributed by atoms with Crippen LogP contribution in [0, 0.1) is 0 Å². The lowest BCUT2D eigenvalue weighted by Crippen LogP contribution is -2.50. The maximum absolute atomic E-state index is 5.69. The fourth-order valence-corrected chi connectivity index (χ4v) is 4.16. The number of pyridine rings is 1. The fourth-order valence-electron chi connectivity index (χ4n) is 3.86. The van der Waals surface area contributed by atoms with Crippen LogP contribution in [-0.4, -0.2) is 41.2 Å². The molecule has 0 saturated carbocycles. The molecular weight excluding hydrogens is 376 g/mol. The number of aromatic nitrogens is 1. The van der Waals surface area contributed by atoms with Crippen LogP contribution in [0.4, 0.5) is 11.4 Å². The van der Waals surface area contributed by atoms with Crippen molar-refractivity contribution in [3.05, 3.63) is 78.9 Å². The average molecular weight is 399 g/mol. The molecule has 0 aliphatic carbocycles. The number of anilines is 2. The molecule has 2 heterocycles. The normalized spacial score (nSPS) is 14.3. The molecular formula is C24H22N4S. The second kappa shape index (κ2) is 7.68. The largest absolute Gasteiger partial charge is 0.368 e. The maximum Gasteiger partial charge on any atom is 0.173 e. The van der Waals surface area contributed by atoms with Crippen LogP contribution in [0.2, 0.25) is 0 Å². The van der Waals surface area contributed by atoms with Crippen molar-refractivity contribution in [1.29, 1.82) is 0 Å². The molecule has 4 aromatic rings. The SMILES string of the molecule is S=C(Nc1ccc2cc3ccccc3nc2c1)N1CCN(c2ccccc2)CC1. The van der Waals surface area contributed by atoms with Crippen molar-refractivity contribution >= 4 is 50.5 Å². The zero-order valence-electron chi connectivity index (χ0n) is 16.1. The second-order valence-corrected chi connectivity index (χ2v) is 7.72. The third kappa shape index (κ3) is 3.74. The van der Waals surface area contributed by atoms with E-state index in [1.54, 1.807) is 0 Å². The van der Waals surface area contributed by atoms with Gasteiger partial charge in [0, 0.05) is 48.3 Å². The molecule has 0 spiro atoms. The molecule has 1 aliphatic heterocycles. The Kier molecular flexibility index (Phi) is 4.74. The van der Waals surface area contributed by atoms with E-state index in [1.165, 1.54) is 5.69 Å². The zero-order chi connectivity index (χ0) is 19.6. The van der Waals surface area contributed by atoms with Crippen molar-refractivity contribution in [2.45, 2.75) is 0 Å². The lowest BCUT2D eigenvalue weighted by Gasteiger charge is -2.37. The molecule has 3 aromatic carbocycles. The van der Waals surface area contributed by atoms with Crippen molar-refractivity contribution in [3.63, 3.8) is 0 Å². The standard InChI is InChI=1S/C24H22N4S/c29-24(28-14-12-27(13-15-28)21-7-2-1-3-8-21)25-20-11-10-19-16-18-6-4-5-9-22(18)26-23(19)17-20/h1-11,16-17H,12-15H2,(H,25,29). The van der Waals surface area contributed by atoms with Crippen LogP contribution in [0.1, 0.15) is 0 Å². The van der Waals surface area contributed by atoms with E-state index in [0.717, 1.165) is 58.8 Å². The van der Waals surface area contributed by atoms with E-state index in [9.17, 15) is 0 Å². The van der Waals surface area contributed by atoms with Gasteiger partial charge in [0.1, 0.15) is 0 Å². The number of hydrogen-bond donors (Lipinski definition) is 1. The summed E-state index contributed by atoms with van der Waals surface area (Å²) in [6, 6.07) is 27.2. The second-order valence-electron chi connectivity index (χ2n) is 7.33. The molecule has 0 atom stereocenters. The summed E-state index contributed by atoms with van der Waals surface area (Å²) in [5.74, 6) is 0. The topological polar surface area (TPSA) is 31.4 Å². The van der Waals surface area contributed by atoms with E-state index in [0.29, 0.717) is 0 Å². The summed E-state index contributed by atoms with van der Waals surface area (Å²) in [6.45, 7) is 3.77. The number of thiocarbonyl (C=S) groups is 1. The van der Waals surface area contributed by atoms with E-state index in [4.69, 9.17) is 17.2 Å². The molecule has 1 N–H and O–H groups in total. The number of hydrogen-bond acceptors (Lipinski definition) is 3. The molecule has 1 aromatic heterocycles. The summed E-state index contributed by atoms with van der Waals surface area (Å²) in [7, 11) is 0. The molecule has 0 radical (unpaired) electrons. The van der Waals surface area contributed by atoms with E-state index in [-0.39, 0.29) is 0 Å². The molecule has 1 aliphatic rings. The Labute approximate surface area is 175 Å². The number of benzene rings is 3. The summed E-state index contributed by atoms with van der Waals surface area (Å²) in [5.41, 5.74) is 4.25. The highest BCUT2D eigenvalue weighted by atomic mass is 32.1. The van der Waals surface area contributed by atoms with Gasteiger partial charge in [0.25, 0.3) is 0 Å². The van der Waals surface area contributed by atoms with E-state index >= 15 is 0 Å². The molecule has 29 heavy (non-hydrogen) atoms. The molecule has 144 valence electrons. The fraction of sp³-hybridized carbons (Fsp3) is 0.167. The lowest BCUT2D eigenvalue weighted by atomic mass is 10.1. The number of rotatable bonds is 2. The van der Waals surface area contributed by atoms with Crippen molar-refractivity contribution in [1.82, 2.24) is 9.88 Å². The minimum Gasteiger partial charge on any atom is -0.368 e. The molecule has 0 bridgehead atoms. The highest BCUT2D eigenvalue weighted by molar-refractivity contribution is 7.80. The predicted octanol–water partition coefficient (Wildman–Crippen LogP) is 4.91. The summed E-state index contributed by atoms with van der Waals surface area (Å²) in [6.07, 6.45) is 0. The van der Waals surface area contributed by atoms with Crippen LogP contribution in [0.5, 0.6) is 0 Å². The Morgan fingerprint density at radius 2 is 1.48 bits per heavy atom. The molecule has 5 heteroatoms. The maximum atomic E-state index is 5.69. The van der Waals surface area contributed by atoms with Gasteiger partial charge in [-0.15, -0.1) is 0 Å². The molecule has 1 saturated heterocycles. The highest BCUT2D eigenvalue weighted by Crippen LogP contribution is 2.23. The average Bonchev–Trinajstić information content (AvgIpc) is 2.78. The Morgan fingerprint density at radius 3 is 2.31 bits per heavy atom. The van der Waals surface area contributed by atoms with Crippen LogP contribution < -0.4 is 10.2 Å². The number of para-hydroxylation sites is 2. The Hall–Kier alpha value is -3.18. The quantitative estimate of drug-likeness (QED) is 0.383. The smallest absolute Gasteiger partial charge is 0.173 e. The molecule has 4 nitrogen and oxygen atoms in total. The van der Waals surface area contributed by atoms with E-state index in [1.807, 2.05) is 18.2 Å². The minimum absolute atomic E-state index is 0.776. The number of piperazine rings is 1.